The van der Waals surface area contributed by atoms with Crippen LogP contribution in [0.3, 0.4) is 0 Å². The van der Waals surface area contributed by atoms with Crippen molar-refractivity contribution in [1.82, 2.24) is 0 Å². The van der Waals surface area contributed by atoms with Crippen molar-refractivity contribution in [3.05, 3.63) is 63.7 Å². The minimum absolute atomic E-state index is 0.0122. The van der Waals surface area contributed by atoms with Gasteiger partial charge in [0, 0.05) is 36.3 Å². The molecule has 0 heterocycles. The lowest BCUT2D eigenvalue weighted by Crippen LogP contribution is -2.32. The third kappa shape index (κ3) is 6.11. The number of carbonyl (C=O) groups is 2. The second kappa shape index (κ2) is 9.49. The summed E-state index contributed by atoms with van der Waals surface area (Å²) < 4.78 is 25.6. The van der Waals surface area contributed by atoms with Gasteiger partial charge >= 0.3 is 0 Å². The first-order valence-electron chi connectivity index (χ1n) is 9.12. The maximum absolute atomic E-state index is 12.3. The summed E-state index contributed by atoms with van der Waals surface area (Å²) in [6.45, 7) is 3.07. The fourth-order valence-electron chi connectivity index (χ4n) is 2.87. The number of hydrogen-bond donors (Lipinski definition) is 1. The van der Waals surface area contributed by atoms with Crippen LogP contribution >= 0.6 is 0 Å². The molecule has 2 rings (SSSR count). The molecule has 0 aliphatic heterocycles. The molecule has 0 saturated carbocycles. The van der Waals surface area contributed by atoms with Crippen LogP contribution < -0.4 is 9.62 Å². The second-order valence-corrected chi connectivity index (χ2v) is 8.76. The molecular formula is C20H23N3O6S. The van der Waals surface area contributed by atoms with Crippen molar-refractivity contribution in [2.24, 2.45) is 0 Å². The number of aryl methyl sites for hydroxylation is 1. The number of hydrogen-bond acceptors (Lipinski definition) is 6. The van der Waals surface area contributed by atoms with Gasteiger partial charge in [-0.1, -0.05) is 18.2 Å². The lowest BCUT2D eigenvalue weighted by molar-refractivity contribution is -0.384. The van der Waals surface area contributed by atoms with Crippen LogP contribution in [0.1, 0.15) is 35.7 Å². The molecule has 0 aliphatic carbocycles. The highest BCUT2D eigenvalue weighted by Crippen LogP contribution is 2.27. The quantitative estimate of drug-likeness (QED) is 0.367. The molecule has 1 N–H and O–H groups in total. The van der Waals surface area contributed by atoms with Gasteiger partial charge in [-0.3, -0.25) is 24.0 Å². The summed E-state index contributed by atoms with van der Waals surface area (Å²) in [7, 11) is -3.71. The summed E-state index contributed by atoms with van der Waals surface area (Å²) in [6, 6.07) is 10.5. The minimum atomic E-state index is -3.71. The average Bonchev–Trinajstić information content (AvgIpc) is 2.65. The summed E-state index contributed by atoms with van der Waals surface area (Å²) in [6.07, 6.45) is 1.25. The third-order valence-corrected chi connectivity index (χ3v) is 5.57. The summed E-state index contributed by atoms with van der Waals surface area (Å²) in [5.74, 6) is -0.456. The number of amides is 1. The van der Waals surface area contributed by atoms with Crippen molar-refractivity contribution >= 4 is 38.8 Å². The van der Waals surface area contributed by atoms with Gasteiger partial charge in [0.1, 0.15) is 0 Å². The average molecular weight is 433 g/mol. The Morgan fingerprint density at radius 1 is 1.17 bits per heavy atom. The van der Waals surface area contributed by atoms with E-state index in [2.05, 4.69) is 5.32 Å². The van der Waals surface area contributed by atoms with Crippen LogP contribution in [0.2, 0.25) is 0 Å². The highest BCUT2D eigenvalue weighted by Gasteiger charge is 2.22. The van der Waals surface area contributed by atoms with Crippen molar-refractivity contribution < 1.29 is 22.9 Å². The molecule has 160 valence electrons. The highest BCUT2D eigenvalue weighted by molar-refractivity contribution is 7.92. The standard InChI is InChI=1S/C20H23N3O6S/c1-14-9-10-18(23(26)27)13-19(14)22(30(3,28)29)11-5-8-20(25)21-17-7-4-6-16(12-17)15(2)24/h4,6-7,9-10,12-13H,5,8,11H2,1-3H3,(H,21,25). The van der Waals surface area contributed by atoms with E-state index in [1.165, 1.54) is 25.1 Å². The Morgan fingerprint density at radius 2 is 1.87 bits per heavy atom. The Morgan fingerprint density at radius 3 is 2.47 bits per heavy atom. The van der Waals surface area contributed by atoms with E-state index in [1.807, 2.05) is 0 Å². The molecule has 10 heteroatoms. The van der Waals surface area contributed by atoms with Gasteiger partial charge in [-0.25, -0.2) is 8.42 Å². The SMILES string of the molecule is CC(=O)c1cccc(NC(=O)CCCN(c2cc([N+](=O)[O-])ccc2C)S(C)(=O)=O)c1. The van der Waals surface area contributed by atoms with Crippen LogP contribution in [0.5, 0.6) is 0 Å². The molecule has 30 heavy (non-hydrogen) atoms. The number of non-ortho nitro benzene ring substituents is 1. The normalized spacial score (nSPS) is 11.0. The molecule has 0 unspecified atom stereocenters. The molecule has 1 amide bonds. The third-order valence-electron chi connectivity index (χ3n) is 4.39. The maximum atomic E-state index is 12.3. The van der Waals surface area contributed by atoms with Crippen LogP contribution in [-0.2, 0) is 14.8 Å². The Hall–Kier alpha value is -3.27. The summed E-state index contributed by atoms with van der Waals surface area (Å²) >= 11 is 0. The van der Waals surface area contributed by atoms with Gasteiger partial charge in [-0.15, -0.1) is 0 Å². The van der Waals surface area contributed by atoms with Gasteiger partial charge in [-0.05, 0) is 38.0 Å². The number of nitrogens with one attached hydrogen (secondary N) is 1. The van der Waals surface area contributed by atoms with Crippen molar-refractivity contribution in [1.29, 1.82) is 0 Å². The van der Waals surface area contributed by atoms with Gasteiger partial charge in [0.25, 0.3) is 5.69 Å². The molecule has 0 saturated heterocycles. The Bertz CT molecular complexity index is 1080. The van der Waals surface area contributed by atoms with Crippen molar-refractivity contribution in [2.45, 2.75) is 26.7 Å². The zero-order valence-electron chi connectivity index (χ0n) is 16.9. The summed E-state index contributed by atoms with van der Waals surface area (Å²) in [4.78, 5) is 34.1. The van der Waals surface area contributed by atoms with Gasteiger partial charge in [0.2, 0.25) is 15.9 Å². The lowest BCUT2D eigenvalue weighted by atomic mass is 10.1. The predicted octanol–water partition coefficient (Wildman–Crippen LogP) is 3.29. The summed E-state index contributed by atoms with van der Waals surface area (Å²) in [5.41, 5.74) is 1.50. The zero-order valence-corrected chi connectivity index (χ0v) is 17.7. The van der Waals surface area contributed by atoms with E-state index in [1.54, 1.807) is 31.2 Å². The molecule has 0 fully saturated rings. The number of nitro groups is 1. The van der Waals surface area contributed by atoms with Crippen LogP contribution in [0, 0.1) is 17.0 Å². The molecule has 0 radical (unpaired) electrons. The molecule has 0 atom stereocenters. The van der Waals surface area contributed by atoms with Crippen molar-refractivity contribution in [3.63, 3.8) is 0 Å². The van der Waals surface area contributed by atoms with Gasteiger partial charge in [0.05, 0.1) is 16.9 Å². The first-order valence-corrected chi connectivity index (χ1v) is 11.0. The Balaban J connectivity index is 2.08. The second-order valence-electron chi connectivity index (χ2n) is 6.85. The van der Waals surface area contributed by atoms with E-state index in [9.17, 15) is 28.1 Å². The molecule has 0 aromatic heterocycles. The van der Waals surface area contributed by atoms with Crippen LogP contribution in [-0.4, -0.2) is 37.8 Å². The molecule has 2 aromatic carbocycles. The molecule has 2 aromatic rings. The monoisotopic (exact) mass is 433 g/mol. The van der Waals surface area contributed by atoms with Crippen LogP contribution in [0.15, 0.2) is 42.5 Å². The number of ketones is 1. The van der Waals surface area contributed by atoms with E-state index < -0.39 is 14.9 Å². The minimum Gasteiger partial charge on any atom is -0.326 e. The van der Waals surface area contributed by atoms with Crippen molar-refractivity contribution in [2.75, 3.05) is 22.4 Å². The van der Waals surface area contributed by atoms with Crippen molar-refractivity contribution in [3.8, 4) is 0 Å². The zero-order chi connectivity index (χ0) is 22.5. The van der Waals surface area contributed by atoms with Gasteiger partial charge in [-0.2, -0.15) is 0 Å². The smallest absolute Gasteiger partial charge is 0.271 e. The number of nitro benzene ring substituents is 1. The first kappa shape index (κ1) is 23.0. The molecule has 0 spiro atoms. The van der Waals surface area contributed by atoms with E-state index in [0.29, 0.717) is 16.8 Å². The van der Waals surface area contributed by atoms with E-state index in [-0.39, 0.29) is 42.5 Å². The summed E-state index contributed by atoms with van der Waals surface area (Å²) in [5, 5.41) is 13.7. The predicted molar refractivity (Wildman–Crippen MR) is 114 cm³/mol. The van der Waals surface area contributed by atoms with E-state index >= 15 is 0 Å². The number of anilines is 2. The number of nitrogens with zero attached hydrogens (tertiary/aromatic N) is 2. The highest BCUT2D eigenvalue weighted by atomic mass is 32.2. The Labute approximate surface area is 174 Å². The molecule has 0 bridgehead atoms. The number of benzene rings is 2. The van der Waals surface area contributed by atoms with Crippen LogP contribution in [0.4, 0.5) is 17.1 Å². The molecule has 0 aliphatic rings. The lowest BCUT2D eigenvalue weighted by Gasteiger charge is -2.24. The van der Waals surface area contributed by atoms with Gasteiger partial charge < -0.3 is 5.32 Å². The van der Waals surface area contributed by atoms with E-state index in [0.717, 1.165) is 10.6 Å². The van der Waals surface area contributed by atoms with E-state index in [4.69, 9.17) is 0 Å². The number of sulfonamides is 1. The molecular weight excluding hydrogens is 410 g/mol. The molecule has 9 nitrogen and oxygen atoms in total. The number of carbonyl (C=O) groups excluding carboxylic acids is 2. The topological polar surface area (TPSA) is 127 Å². The van der Waals surface area contributed by atoms with Gasteiger partial charge in [0.15, 0.2) is 5.78 Å². The fourth-order valence-corrected chi connectivity index (χ4v) is 3.88. The Kier molecular flexibility index (Phi) is 7.28. The number of rotatable bonds is 9. The number of Topliss-reactive ketones (excluding diaryl/α,β-unsaturated/α-hetero) is 1. The fraction of sp³-hybridized carbons (Fsp3) is 0.300. The maximum Gasteiger partial charge on any atom is 0.271 e. The largest absolute Gasteiger partial charge is 0.326 e. The van der Waals surface area contributed by atoms with Crippen LogP contribution in [0.25, 0.3) is 0 Å². The first-order chi connectivity index (χ1) is 14.0.